The molecule has 1 N–H and O–H groups in total. The number of ketones is 1. The van der Waals surface area contributed by atoms with E-state index in [1.54, 1.807) is 24.3 Å². The van der Waals surface area contributed by atoms with Gasteiger partial charge in [-0.1, -0.05) is 53.5 Å². The smallest absolute Gasteiger partial charge is 0.257 e. The first-order valence-corrected chi connectivity index (χ1v) is 9.84. The van der Waals surface area contributed by atoms with Gasteiger partial charge in [-0.05, 0) is 42.5 Å². The molecule has 136 valence electrons. The molecule has 0 saturated heterocycles. The van der Waals surface area contributed by atoms with Crippen LogP contribution in [0.5, 0.6) is 0 Å². The van der Waals surface area contributed by atoms with Gasteiger partial charge in [0, 0.05) is 21.2 Å². The summed E-state index contributed by atoms with van der Waals surface area (Å²) >= 11 is 13.4. The Hall–Kier alpha value is -2.27. The van der Waals surface area contributed by atoms with Gasteiger partial charge in [0.25, 0.3) is 5.91 Å². The van der Waals surface area contributed by atoms with E-state index in [1.165, 1.54) is 17.8 Å². The Morgan fingerprint density at radius 2 is 1.59 bits per heavy atom. The Labute approximate surface area is 171 Å². The Morgan fingerprint density at radius 3 is 2.26 bits per heavy atom. The van der Waals surface area contributed by atoms with Crippen LogP contribution in [-0.4, -0.2) is 17.4 Å². The lowest BCUT2D eigenvalue weighted by Gasteiger charge is -2.08. The van der Waals surface area contributed by atoms with Gasteiger partial charge in [-0.3, -0.25) is 9.59 Å². The van der Waals surface area contributed by atoms with Crippen LogP contribution in [0.1, 0.15) is 20.7 Å². The van der Waals surface area contributed by atoms with Crippen molar-refractivity contribution in [2.45, 2.75) is 4.90 Å². The van der Waals surface area contributed by atoms with Crippen LogP contribution in [0.25, 0.3) is 0 Å². The van der Waals surface area contributed by atoms with Crippen LogP contribution < -0.4 is 5.32 Å². The highest BCUT2D eigenvalue weighted by Gasteiger charge is 2.11. The highest BCUT2D eigenvalue weighted by Crippen LogP contribution is 2.24. The van der Waals surface area contributed by atoms with E-state index in [0.29, 0.717) is 32.6 Å². The number of amides is 1. The number of hydrogen-bond acceptors (Lipinski definition) is 3. The maximum absolute atomic E-state index is 12.3. The van der Waals surface area contributed by atoms with Crippen LogP contribution >= 0.6 is 35.0 Å². The maximum atomic E-state index is 12.3. The van der Waals surface area contributed by atoms with E-state index < -0.39 is 0 Å². The zero-order chi connectivity index (χ0) is 19.2. The van der Waals surface area contributed by atoms with E-state index in [1.807, 2.05) is 42.5 Å². The number of anilines is 1. The number of nitrogens with one attached hydrogen (secondary N) is 1. The minimum atomic E-state index is -0.309. The number of rotatable bonds is 6. The molecule has 0 spiro atoms. The Morgan fingerprint density at radius 1 is 0.889 bits per heavy atom. The average molecular weight is 416 g/mol. The Bertz CT molecular complexity index is 960. The molecule has 0 unspecified atom stereocenters. The van der Waals surface area contributed by atoms with E-state index in [9.17, 15) is 9.59 Å². The minimum absolute atomic E-state index is 0.0790. The number of carbonyl (C=O) groups is 2. The van der Waals surface area contributed by atoms with Crippen molar-refractivity contribution in [1.29, 1.82) is 0 Å². The zero-order valence-electron chi connectivity index (χ0n) is 14.1. The van der Waals surface area contributed by atoms with Gasteiger partial charge in [-0.25, -0.2) is 0 Å². The molecule has 3 nitrogen and oxygen atoms in total. The molecule has 3 aromatic carbocycles. The molecule has 0 heterocycles. The summed E-state index contributed by atoms with van der Waals surface area (Å²) < 4.78 is 0. The number of Topliss-reactive ketones (excluding diaryl/α,β-unsaturated/α-hetero) is 1. The Balaban J connectivity index is 1.58. The van der Waals surface area contributed by atoms with Crippen molar-refractivity contribution in [1.82, 2.24) is 0 Å². The summed E-state index contributed by atoms with van der Waals surface area (Å²) in [7, 11) is 0. The third-order valence-corrected chi connectivity index (χ3v) is 5.31. The highest BCUT2D eigenvalue weighted by molar-refractivity contribution is 8.00. The number of benzene rings is 3. The molecular formula is C21H15Cl2NO2S. The van der Waals surface area contributed by atoms with Gasteiger partial charge in [0.05, 0.1) is 16.3 Å². The van der Waals surface area contributed by atoms with Gasteiger partial charge in [0.15, 0.2) is 5.78 Å². The Kier molecular flexibility index (Phi) is 6.56. The first kappa shape index (κ1) is 19.5. The van der Waals surface area contributed by atoms with Crippen LogP contribution in [0.15, 0.2) is 77.7 Å². The van der Waals surface area contributed by atoms with Gasteiger partial charge in [0.2, 0.25) is 0 Å². The molecule has 0 saturated carbocycles. The van der Waals surface area contributed by atoms with Gasteiger partial charge >= 0.3 is 0 Å². The van der Waals surface area contributed by atoms with Gasteiger partial charge in [-0.2, -0.15) is 0 Å². The average Bonchev–Trinajstić information content (AvgIpc) is 2.67. The quantitative estimate of drug-likeness (QED) is 0.383. The van der Waals surface area contributed by atoms with E-state index in [0.717, 1.165) is 4.90 Å². The summed E-state index contributed by atoms with van der Waals surface area (Å²) in [6, 6.07) is 21.2. The molecule has 6 heteroatoms. The predicted octanol–water partition coefficient (Wildman–Crippen LogP) is 6.22. The van der Waals surface area contributed by atoms with Crippen molar-refractivity contribution in [2.24, 2.45) is 0 Å². The third kappa shape index (κ3) is 5.36. The lowest BCUT2D eigenvalue weighted by atomic mass is 10.2. The molecule has 27 heavy (non-hydrogen) atoms. The SMILES string of the molecule is O=C(CSc1ccc(NC(=O)c2ccc(Cl)cc2Cl)cc1)c1ccccc1. The van der Waals surface area contributed by atoms with E-state index in [2.05, 4.69) is 5.32 Å². The summed E-state index contributed by atoms with van der Waals surface area (Å²) in [6.07, 6.45) is 0. The van der Waals surface area contributed by atoms with Gasteiger partial charge < -0.3 is 5.32 Å². The summed E-state index contributed by atoms with van der Waals surface area (Å²) in [6.45, 7) is 0. The first-order valence-electron chi connectivity index (χ1n) is 8.10. The number of carbonyl (C=O) groups excluding carboxylic acids is 2. The third-order valence-electron chi connectivity index (χ3n) is 3.75. The molecule has 3 rings (SSSR count). The van der Waals surface area contributed by atoms with E-state index in [4.69, 9.17) is 23.2 Å². The fraction of sp³-hybridized carbons (Fsp3) is 0.0476. The molecule has 0 aliphatic carbocycles. The second-order valence-electron chi connectivity index (χ2n) is 5.68. The van der Waals surface area contributed by atoms with Crippen molar-refractivity contribution in [3.63, 3.8) is 0 Å². The molecule has 1 amide bonds. The number of thioether (sulfide) groups is 1. The fourth-order valence-electron chi connectivity index (χ4n) is 2.36. The molecule has 0 aromatic heterocycles. The second kappa shape index (κ2) is 9.09. The highest BCUT2D eigenvalue weighted by atomic mass is 35.5. The molecule has 0 atom stereocenters. The fourth-order valence-corrected chi connectivity index (χ4v) is 3.65. The second-order valence-corrected chi connectivity index (χ2v) is 7.57. The van der Waals surface area contributed by atoms with Crippen molar-refractivity contribution < 1.29 is 9.59 Å². The van der Waals surface area contributed by atoms with Crippen LogP contribution in [0.4, 0.5) is 5.69 Å². The first-order chi connectivity index (χ1) is 13.0. The minimum Gasteiger partial charge on any atom is -0.322 e. The van der Waals surface area contributed by atoms with Crippen LogP contribution in [0.2, 0.25) is 10.0 Å². The molecular weight excluding hydrogens is 401 g/mol. The van der Waals surface area contributed by atoms with Crippen LogP contribution in [0.3, 0.4) is 0 Å². The van der Waals surface area contributed by atoms with Crippen molar-refractivity contribution >= 4 is 52.3 Å². The largest absolute Gasteiger partial charge is 0.322 e. The van der Waals surface area contributed by atoms with Crippen molar-refractivity contribution in [2.75, 3.05) is 11.1 Å². The maximum Gasteiger partial charge on any atom is 0.257 e. The standard InChI is InChI=1S/C21H15Cl2NO2S/c22-15-6-11-18(19(23)12-15)21(26)24-16-7-9-17(10-8-16)27-13-20(25)14-4-2-1-3-5-14/h1-12H,13H2,(H,24,26). The lowest BCUT2D eigenvalue weighted by Crippen LogP contribution is -2.12. The van der Waals surface area contributed by atoms with Gasteiger partial charge in [-0.15, -0.1) is 11.8 Å². The molecule has 0 fully saturated rings. The summed E-state index contributed by atoms with van der Waals surface area (Å²) in [4.78, 5) is 25.4. The van der Waals surface area contributed by atoms with Crippen molar-refractivity contribution in [3.05, 3.63) is 94.0 Å². The number of halogens is 2. The topological polar surface area (TPSA) is 46.2 Å². The predicted molar refractivity (Wildman–Crippen MR) is 112 cm³/mol. The molecule has 3 aromatic rings. The normalized spacial score (nSPS) is 10.4. The lowest BCUT2D eigenvalue weighted by molar-refractivity contribution is 0.101. The van der Waals surface area contributed by atoms with E-state index in [-0.39, 0.29) is 11.7 Å². The molecule has 0 bridgehead atoms. The monoisotopic (exact) mass is 415 g/mol. The molecule has 0 aliphatic heterocycles. The summed E-state index contributed by atoms with van der Waals surface area (Å²) in [5.74, 6) is 0.127. The van der Waals surface area contributed by atoms with E-state index >= 15 is 0 Å². The zero-order valence-corrected chi connectivity index (χ0v) is 16.4. The van der Waals surface area contributed by atoms with Crippen molar-refractivity contribution in [3.8, 4) is 0 Å². The van der Waals surface area contributed by atoms with Crippen LogP contribution in [-0.2, 0) is 0 Å². The summed E-state index contributed by atoms with van der Waals surface area (Å²) in [5, 5.41) is 3.57. The van der Waals surface area contributed by atoms with Gasteiger partial charge in [0.1, 0.15) is 0 Å². The van der Waals surface area contributed by atoms with Crippen LogP contribution in [0, 0.1) is 0 Å². The number of hydrogen-bond donors (Lipinski definition) is 1. The summed E-state index contributed by atoms with van der Waals surface area (Å²) in [5.41, 5.74) is 1.70. The molecule has 0 radical (unpaired) electrons. The molecule has 0 aliphatic rings.